The molecule has 2 fully saturated rings. The lowest BCUT2D eigenvalue weighted by molar-refractivity contribution is -0.124. The number of para-hydroxylation sites is 1. The smallest absolute Gasteiger partial charge is 0.257 e. The zero-order chi connectivity index (χ0) is 26.6. The number of hydrazine groups is 1. The molecular weight excluding hydrogens is 484 g/mol. The van der Waals surface area contributed by atoms with E-state index in [-0.39, 0.29) is 29.9 Å². The maximum atomic E-state index is 13.4. The Kier molecular flexibility index (Phi) is 7.83. The van der Waals surface area contributed by atoms with Crippen molar-refractivity contribution in [2.24, 2.45) is 0 Å². The minimum absolute atomic E-state index is 0.0351. The highest BCUT2D eigenvalue weighted by atomic mass is 16.5. The van der Waals surface area contributed by atoms with Crippen LogP contribution in [0.15, 0.2) is 42.5 Å². The van der Waals surface area contributed by atoms with Gasteiger partial charge in [0.2, 0.25) is 11.8 Å². The first kappa shape index (κ1) is 26.0. The predicted octanol–water partition coefficient (Wildman–Crippen LogP) is 3.17. The van der Waals surface area contributed by atoms with Gasteiger partial charge in [-0.05, 0) is 55.9 Å². The molecule has 0 radical (unpaired) electrons. The largest absolute Gasteiger partial charge is 0.496 e. The molecule has 0 aliphatic carbocycles. The zero-order valence-corrected chi connectivity index (χ0v) is 22.2. The number of hydrogen-bond acceptors (Lipinski definition) is 6. The van der Waals surface area contributed by atoms with E-state index in [9.17, 15) is 14.4 Å². The average molecular weight is 521 g/mol. The van der Waals surface area contributed by atoms with E-state index >= 15 is 0 Å². The molecule has 0 unspecified atom stereocenters. The first-order valence-corrected chi connectivity index (χ1v) is 13.5. The van der Waals surface area contributed by atoms with Crippen LogP contribution in [-0.2, 0) is 16.0 Å². The summed E-state index contributed by atoms with van der Waals surface area (Å²) in [6, 6.07) is 13.6. The summed E-state index contributed by atoms with van der Waals surface area (Å²) in [6.45, 7) is 4.13. The summed E-state index contributed by atoms with van der Waals surface area (Å²) in [4.78, 5) is 41.3. The first-order chi connectivity index (χ1) is 18.4. The van der Waals surface area contributed by atoms with Gasteiger partial charge >= 0.3 is 0 Å². The molecular formula is C29H36N4O5. The van der Waals surface area contributed by atoms with Crippen LogP contribution in [0, 0.1) is 0 Å². The highest BCUT2D eigenvalue weighted by Gasteiger charge is 2.34. The van der Waals surface area contributed by atoms with Crippen molar-refractivity contribution in [3.05, 3.63) is 53.6 Å². The number of nitrogens with one attached hydrogen (secondary N) is 1. The van der Waals surface area contributed by atoms with Crippen LogP contribution in [-0.4, -0.2) is 73.1 Å². The minimum Gasteiger partial charge on any atom is -0.496 e. The number of carbonyl (C=O) groups is 3. The number of ether oxygens (including phenoxy) is 2. The molecule has 3 aliphatic rings. The number of rotatable bonds is 6. The lowest BCUT2D eigenvalue weighted by Gasteiger charge is -2.41. The normalized spacial score (nSPS) is 19.2. The van der Waals surface area contributed by atoms with E-state index in [1.54, 1.807) is 19.2 Å². The van der Waals surface area contributed by atoms with Crippen molar-refractivity contribution in [3.8, 4) is 11.5 Å². The molecule has 9 nitrogen and oxygen atoms in total. The topological polar surface area (TPSA) is 91.4 Å². The van der Waals surface area contributed by atoms with Crippen LogP contribution in [0.2, 0.25) is 0 Å². The van der Waals surface area contributed by atoms with Gasteiger partial charge in [0.1, 0.15) is 17.6 Å². The van der Waals surface area contributed by atoms with E-state index in [2.05, 4.69) is 11.5 Å². The van der Waals surface area contributed by atoms with Gasteiger partial charge in [0.15, 0.2) is 0 Å². The van der Waals surface area contributed by atoms with Crippen molar-refractivity contribution in [2.45, 2.75) is 57.6 Å². The molecule has 3 aliphatic heterocycles. The van der Waals surface area contributed by atoms with Crippen molar-refractivity contribution < 1.29 is 23.9 Å². The van der Waals surface area contributed by atoms with Gasteiger partial charge in [-0.15, -0.1) is 0 Å². The molecule has 0 spiro atoms. The standard InChI is InChI=1S/C29H36N4O5/c1-20(34)30-32-17-13-23(14-18-32)38-24-8-9-25(27(19-24)37-2)29(36)31-15-11-22(12-16-31)33-26-6-4-3-5-21(26)7-10-28(33)35/h3-6,8-9,19,22-23H,7,10-18H2,1-2H3,(H,30,34). The van der Waals surface area contributed by atoms with Gasteiger partial charge in [-0.25, -0.2) is 5.01 Å². The number of aryl methyl sites for hydroxylation is 1. The number of anilines is 1. The second-order valence-corrected chi connectivity index (χ2v) is 10.3. The molecule has 3 amide bonds. The van der Waals surface area contributed by atoms with E-state index in [0.29, 0.717) is 36.6 Å². The lowest BCUT2D eigenvalue weighted by atomic mass is 9.95. The van der Waals surface area contributed by atoms with Gasteiger partial charge < -0.3 is 19.3 Å². The Balaban J connectivity index is 1.19. The summed E-state index contributed by atoms with van der Waals surface area (Å²) < 4.78 is 11.8. The zero-order valence-electron chi connectivity index (χ0n) is 22.2. The van der Waals surface area contributed by atoms with E-state index < -0.39 is 0 Å². The lowest BCUT2D eigenvalue weighted by Crippen LogP contribution is -2.50. The molecule has 5 rings (SSSR count). The third-order valence-corrected chi connectivity index (χ3v) is 7.71. The van der Waals surface area contributed by atoms with Gasteiger partial charge in [0.25, 0.3) is 5.91 Å². The molecule has 0 atom stereocenters. The second kappa shape index (κ2) is 11.4. The molecule has 2 saturated heterocycles. The van der Waals surface area contributed by atoms with Crippen molar-refractivity contribution in [1.29, 1.82) is 0 Å². The number of hydrogen-bond donors (Lipinski definition) is 1. The fraction of sp³-hybridized carbons (Fsp3) is 0.483. The molecule has 3 heterocycles. The van der Waals surface area contributed by atoms with Crippen LogP contribution in [0.4, 0.5) is 5.69 Å². The van der Waals surface area contributed by atoms with Crippen LogP contribution in [0.3, 0.4) is 0 Å². The quantitative estimate of drug-likeness (QED) is 0.629. The van der Waals surface area contributed by atoms with Crippen molar-refractivity contribution in [1.82, 2.24) is 15.3 Å². The summed E-state index contributed by atoms with van der Waals surface area (Å²) in [5, 5.41) is 1.91. The number of nitrogens with zero attached hydrogens (tertiary/aromatic N) is 3. The molecule has 0 bridgehead atoms. The number of piperidine rings is 2. The van der Waals surface area contributed by atoms with Crippen molar-refractivity contribution in [2.75, 3.05) is 38.2 Å². The molecule has 1 N–H and O–H groups in total. The third-order valence-electron chi connectivity index (χ3n) is 7.71. The van der Waals surface area contributed by atoms with Gasteiger partial charge in [-0.1, -0.05) is 18.2 Å². The minimum atomic E-state index is -0.0687. The van der Waals surface area contributed by atoms with Crippen LogP contribution >= 0.6 is 0 Å². The number of benzene rings is 2. The Labute approximate surface area is 223 Å². The molecule has 202 valence electrons. The summed E-state index contributed by atoms with van der Waals surface area (Å²) in [5.41, 5.74) is 5.57. The fourth-order valence-corrected chi connectivity index (χ4v) is 5.77. The summed E-state index contributed by atoms with van der Waals surface area (Å²) in [7, 11) is 1.56. The number of likely N-dealkylation sites (tertiary alicyclic amines) is 1. The highest BCUT2D eigenvalue weighted by molar-refractivity contribution is 5.98. The van der Waals surface area contributed by atoms with E-state index in [0.717, 1.165) is 50.9 Å². The molecule has 2 aromatic carbocycles. The molecule has 0 saturated carbocycles. The van der Waals surface area contributed by atoms with E-state index in [4.69, 9.17) is 9.47 Å². The van der Waals surface area contributed by atoms with Gasteiger partial charge in [-0.3, -0.25) is 19.8 Å². The van der Waals surface area contributed by atoms with Crippen molar-refractivity contribution >= 4 is 23.4 Å². The van der Waals surface area contributed by atoms with E-state index in [1.807, 2.05) is 39.1 Å². The number of carbonyl (C=O) groups excluding carboxylic acids is 3. The average Bonchev–Trinajstić information content (AvgIpc) is 2.93. The number of methoxy groups -OCH3 is 1. The Hall–Kier alpha value is -3.59. The van der Waals surface area contributed by atoms with Gasteiger partial charge in [-0.2, -0.15) is 0 Å². The maximum Gasteiger partial charge on any atom is 0.257 e. The Bertz CT molecular complexity index is 1190. The third kappa shape index (κ3) is 5.62. The molecule has 38 heavy (non-hydrogen) atoms. The van der Waals surface area contributed by atoms with Crippen molar-refractivity contribution in [3.63, 3.8) is 0 Å². The Morgan fingerprint density at radius 2 is 1.68 bits per heavy atom. The second-order valence-electron chi connectivity index (χ2n) is 10.3. The van der Waals surface area contributed by atoms with Gasteiger partial charge in [0, 0.05) is 57.3 Å². The molecule has 2 aromatic rings. The SMILES string of the molecule is COc1cc(OC2CCN(NC(C)=O)CC2)ccc1C(=O)N1CCC(N2C(=O)CCc3ccccc32)CC1. The number of fused-ring (bicyclic) bond motifs is 1. The Morgan fingerprint density at radius 1 is 0.947 bits per heavy atom. The van der Waals surface area contributed by atoms with Crippen LogP contribution in [0.1, 0.15) is 54.9 Å². The predicted molar refractivity (Wildman–Crippen MR) is 143 cm³/mol. The highest BCUT2D eigenvalue weighted by Crippen LogP contribution is 2.33. The summed E-state index contributed by atoms with van der Waals surface area (Å²) in [6.07, 6.45) is 4.44. The van der Waals surface area contributed by atoms with Crippen LogP contribution in [0.5, 0.6) is 11.5 Å². The summed E-state index contributed by atoms with van der Waals surface area (Å²) >= 11 is 0. The monoisotopic (exact) mass is 520 g/mol. The maximum absolute atomic E-state index is 13.4. The molecule has 9 heteroatoms. The van der Waals surface area contributed by atoms with Crippen LogP contribution in [0.25, 0.3) is 0 Å². The fourth-order valence-electron chi connectivity index (χ4n) is 5.77. The number of amides is 3. The van der Waals surface area contributed by atoms with Gasteiger partial charge in [0.05, 0.1) is 12.7 Å². The first-order valence-electron chi connectivity index (χ1n) is 13.5. The summed E-state index contributed by atoms with van der Waals surface area (Å²) in [5.74, 6) is 1.19. The Morgan fingerprint density at radius 3 is 2.39 bits per heavy atom. The van der Waals surface area contributed by atoms with Crippen LogP contribution < -0.4 is 19.8 Å². The van der Waals surface area contributed by atoms with E-state index in [1.165, 1.54) is 12.5 Å². The molecule has 0 aromatic heterocycles.